The van der Waals surface area contributed by atoms with Crippen molar-refractivity contribution in [1.82, 2.24) is 19.9 Å². The molecule has 2 rings (SSSR count). The van der Waals surface area contributed by atoms with E-state index in [1.54, 1.807) is 13.8 Å². The van der Waals surface area contributed by atoms with Crippen LogP contribution in [-0.2, 0) is 11.3 Å². The maximum absolute atomic E-state index is 12.7. The summed E-state index contributed by atoms with van der Waals surface area (Å²) in [4.78, 5) is 17.4. The standard InChI is InChI=1S/C17H27F3N4O2/c1-13(2)9-24(12-17(18,19)20)16(25)11-23-6-4-22(5-7-23)10-15-8-14(3)26-21-15/h8,13H,4-7,9-12H2,1-3H3. The maximum Gasteiger partial charge on any atom is 0.406 e. The molecule has 1 fully saturated rings. The number of carbonyl (C=O) groups is 1. The number of amides is 1. The summed E-state index contributed by atoms with van der Waals surface area (Å²) >= 11 is 0. The summed E-state index contributed by atoms with van der Waals surface area (Å²) in [5, 5.41) is 3.96. The van der Waals surface area contributed by atoms with Crippen molar-refractivity contribution in [1.29, 1.82) is 0 Å². The molecule has 9 heteroatoms. The molecular weight excluding hydrogens is 349 g/mol. The van der Waals surface area contributed by atoms with Crippen LogP contribution in [0, 0.1) is 12.8 Å². The number of aryl methyl sites for hydroxylation is 1. The Balaban J connectivity index is 1.81. The van der Waals surface area contributed by atoms with Gasteiger partial charge >= 0.3 is 6.18 Å². The fraction of sp³-hybridized carbons (Fsp3) is 0.765. The first-order valence-electron chi connectivity index (χ1n) is 8.84. The average Bonchev–Trinajstić information content (AvgIpc) is 2.92. The Morgan fingerprint density at radius 3 is 2.38 bits per heavy atom. The van der Waals surface area contributed by atoms with Crippen LogP contribution in [0.25, 0.3) is 0 Å². The molecule has 0 bridgehead atoms. The van der Waals surface area contributed by atoms with Gasteiger partial charge in [-0.3, -0.25) is 14.6 Å². The Kier molecular flexibility index (Phi) is 7.05. The first kappa shape index (κ1) is 20.7. The van der Waals surface area contributed by atoms with Gasteiger partial charge in [0.1, 0.15) is 12.3 Å². The van der Waals surface area contributed by atoms with Gasteiger partial charge in [-0.05, 0) is 12.8 Å². The van der Waals surface area contributed by atoms with Gasteiger partial charge in [0.2, 0.25) is 5.91 Å². The molecule has 1 aliphatic rings. The van der Waals surface area contributed by atoms with Crippen molar-refractivity contribution in [3.63, 3.8) is 0 Å². The van der Waals surface area contributed by atoms with E-state index in [-0.39, 0.29) is 19.0 Å². The summed E-state index contributed by atoms with van der Waals surface area (Å²) < 4.78 is 43.2. The van der Waals surface area contributed by atoms with Crippen LogP contribution in [0.1, 0.15) is 25.3 Å². The summed E-state index contributed by atoms with van der Waals surface area (Å²) in [6, 6.07) is 1.89. The number of piperazine rings is 1. The lowest BCUT2D eigenvalue weighted by Crippen LogP contribution is -2.51. The highest BCUT2D eigenvalue weighted by Gasteiger charge is 2.34. The van der Waals surface area contributed by atoms with Crippen molar-refractivity contribution in [2.24, 2.45) is 5.92 Å². The molecule has 0 aliphatic carbocycles. The monoisotopic (exact) mass is 376 g/mol. The maximum atomic E-state index is 12.7. The van der Waals surface area contributed by atoms with E-state index in [0.29, 0.717) is 19.6 Å². The second-order valence-electron chi connectivity index (χ2n) is 7.26. The predicted octanol–water partition coefficient (Wildman–Crippen LogP) is 2.15. The minimum absolute atomic E-state index is 0.0101. The molecule has 6 nitrogen and oxygen atoms in total. The third kappa shape index (κ3) is 6.95. The molecule has 0 N–H and O–H groups in total. The van der Waals surface area contributed by atoms with Crippen LogP contribution in [0.15, 0.2) is 10.6 Å². The summed E-state index contributed by atoms with van der Waals surface area (Å²) in [5.41, 5.74) is 0.861. The lowest BCUT2D eigenvalue weighted by atomic mass is 10.2. The molecule has 1 aromatic rings. The molecule has 148 valence electrons. The Hall–Kier alpha value is -1.61. The Bertz CT molecular complexity index is 581. The predicted molar refractivity (Wildman–Crippen MR) is 90.4 cm³/mol. The average molecular weight is 376 g/mol. The molecule has 0 radical (unpaired) electrons. The van der Waals surface area contributed by atoms with Gasteiger partial charge in [-0.2, -0.15) is 13.2 Å². The van der Waals surface area contributed by atoms with Crippen molar-refractivity contribution in [2.75, 3.05) is 45.8 Å². The summed E-state index contributed by atoms with van der Waals surface area (Å²) in [7, 11) is 0. The number of aromatic nitrogens is 1. The highest BCUT2D eigenvalue weighted by atomic mass is 19.4. The van der Waals surface area contributed by atoms with E-state index in [1.807, 2.05) is 17.9 Å². The molecule has 0 atom stereocenters. The van der Waals surface area contributed by atoms with Gasteiger partial charge in [0.25, 0.3) is 0 Å². The summed E-state index contributed by atoms with van der Waals surface area (Å²) in [6.07, 6.45) is -4.38. The van der Waals surface area contributed by atoms with Crippen LogP contribution in [0.4, 0.5) is 13.2 Å². The van der Waals surface area contributed by atoms with Crippen molar-refractivity contribution < 1.29 is 22.5 Å². The normalized spacial score (nSPS) is 17.0. The van der Waals surface area contributed by atoms with Gasteiger partial charge in [-0.15, -0.1) is 0 Å². The van der Waals surface area contributed by atoms with E-state index in [4.69, 9.17) is 4.52 Å². The number of hydrogen-bond donors (Lipinski definition) is 0. The van der Waals surface area contributed by atoms with E-state index >= 15 is 0 Å². The third-order valence-electron chi connectivity index (χ3n) is 4.19. The lowest BCUT2D eigenvalue weighted by molar-refractivity contribution is -0.163. The molecule has 0 spiro atoms. The Labute approximate surface area is 151 Å². The molecule has 26 heavy (non-hydrogen) atoms. The van der Waals surface area contributed by atoms with Crippen LogP contribution < -0.4 is 0 Å². The number of alkyl halides is 3. The van der Waals surface area contributed by atoms with Gasteiger partial charge in [0.15, 0.2) is 0 Å². The van der Waals surface area contributed by atoms with E-state index in [9.17, 15) is 18.0 Å². The Morgan fingerprint density at radius 1 is 1.27 bits per heavy atom. The zero-order chi connectivity index (χ0) is 19.3. The SMILES string of the molecule is Cc1cc(CN2CCN(CC(=O)N(CC(C)C)CC(F)(F)F)CC2)no1. The van der Waals surface area contributed by atoms with Gasteiger partial charge in [-0.1, -0.05) is 19.0 Å². The topological polar surface area (TPSA) is 52.8 Å². The zero-order valence-electron chi connectivity index (χ0n) is 15.6. The minimum atomic E-state index is -4.38. The van der Waals surface area contributed by atoms with Crippen molar-refractivity contribution in [2.45, 2.75) is 33.5 Å². The first-order chi connectivity index (χ1) is 12.1. The highest BCUT2D eigenvalue weighted by Crippen LogP contribution is 2.18. The minimum Gasteiger partial charge on any atom is -0.361 e. The number of nitrogens with zero attached hydrogens (tertiary/aromatic N) is 4. The highest BCUT2D eigenvalue weighted by molar-refractivity contribution is 5.78. The number of rotatable bonds is 7. The van der Waals surface area contributed by atoms with Crippen LogP contribution in [0.3, 0.4) is 0 Å². The largest absolute Gasteiger partial charge is 0.406 e. The van der Waals surface area contributed by atoms with E-state index in [1.165, 1.54) is 0 Å². The lowest BCUT2D eigenvalue weighted by Gasteiger charge is -2.35. The smallest absolute Gasteiger partial charge is 0.361 e. The molecule has 1 amide bonds. The van der Waals surface area contributed by atoms with Crippen LogP contribution in [0.5, 0.6) is 0 Å². The van der Waals surface area contributed by atoms with Crippen molar-refractivity contribution in [3.8, 4) is 0 Å². The molecule has 0 unspecified atom stereocenters. The van der Waals surface area contributed by atoms with Crippen molar-refractivity contribution >= 4 is 5.91 Å². The molecule has 1 aromatic heterocycles. The molecule has 2 heterocycles. The summed E-state index contributed by atoms with van der Waals surface area (Å²) in [5.74, 6) is 0.291. The number of hydrogen-bond acceptors (Lipinski definition) is 5. The van der Waals surface area contributed by atoms with E-state index in [0.717, 1.165) is 29.4 Å². The van der Waals surface area contributed by atoms with Crippen molar-refractivity contribution in [3.05, 3.63) is 17.5 Å². The van der Waals surface area contributed by atoms with Gasteiger partial charge in [-0.25, -0.2) is 0 Å². The molecule has 0 aromatic carbocycles. The zero-order valence-corrected chi connectivity index (χ0v) is 15.6. The third-order valence-corrected chi connectivity index (χ3v) is 4.19. The Morgan fingerprint density at radius 2 is 1.88 bits per heavy atom. The molecule has 1 saturated heterocycles. The van der Waals surface area contributed by atoms with Crippen LogP contribution in [0.2, 0.25) is 0 Å². The van der Waals surface area contributed by atoms with E-state index in [2.05, 4.69) is 10.1 Å². The fourth-order valence-electron chi connectivity index (χ4n) is 3.03. The molecule has 0 saturated carbocycles. The molecular formula is C17H27F3N4O2. The fourth-order valence-corrected chi connectivity index (χ4v) is 3.03. The number of halogens is 3. The van der Waals surface area contributed by atoms with Crippen LogP contribution in [-0.4, -0.2) is 77.8 Å². The quantitative estimate of drug-likeness (QED) is 0.730. The molecule has 1 aliphatic heterocycles. The van der Waals surface area contributed by atoms with Gasteiger partial charge in [0, 0.05) is 45.3 Å². The second kappa shape index (κ2) is 8.85. The first-order valence-corrected chi connectivity index (χ1v) is 8.84. The van der Waals surface area contributed by atoms with Gasteiger partial charge < -0.3 is 9.42 Å². The summed E-state index contributed by atoms with van der Waals surface area (Å²) in [6.45, 7) is 7.84. The van der Waals surface area contributed by atoms with Gasteiger partial charge in [0.05, 0.1) is 12.2 Å². The second-order valence-corrected chi connectivity index (χ2v) is 7.26. The van der Waals surface area contributed by atoms with Crippen LogP contribution >= 0.6 is 0 Å². The van der Waals surface area contributed by atoms with E-state index < -0.39 is 18.6 Å². The number of carbonyl (C=O) groups excluding carboxylic acids is 1.